The van der Waals surface area contributed by atoms with Crippen molar-refractivity contribution in [2.45, 2.75) is 48.4 Å². The third kappa shape index (κ3) is 6.05. The van der Waals surface area contributed by atoms with E-state index in [-0.39, 0.29) is 0 Å². The second-order valence-electron chi connectivity index (χ2n) is 7.56. The third-order valence-electron chi connectivity index (χ3n) is 5.17. The van der Waals surface area contributed by atoms with Crippen molar-refractivity contribution in [3.05, 3.63) is 50.4 Å². The van der Waals surface area contributed by atoms with Gasteiger partial charge in [-0.05, 0) is 0 Å². The van der Waals surface area contributed by atoms with Crippen LogP contribution in [-0.2, 0) is 4.74 Å². The second kappa shape index (κ2) is 11.2. The first-order valence-corrected chi connectivity index (χ1v) is 18.5. The van der Waals surface area contributed by atoms with Crippen molar-refractivity contribution < 1.29 is 15.7 Å². The van der Waals surface area contributed by atoms with Gasteiger partial charge >= 0.3 is 207 Å². The molecule has 2 aromatic carbocycles. The molecule has 0 fully saturated rings. The van der Waals surface area contributed by atoms with Crippen LogP contribution in [-0.4, -0.2) is 38.5 Å². The molecule has 0 saturated heterocycles. The predicted molar refractivity (Wildman–Crippen MR) is 133 cm³/mol. The molecule has 166 valence electrons. The van der Waals surface area contributed by atoms with E-state index in [1.807, 2.05) is 18.2 Å². The van der Waals surface area contributed by atoms with E-state index in [0.29, 0.717) is 17.0 Å². The van der Waals surface area contributed by atoms with Crippen LogP contribution in [0.1, 0.15) is 55.5 Å². The van der Waals surface area contributed by atoms with Gasteiger partial charge in [-0.25, -0.2) is 0 Å². The molecule has 0 radical (unpaired) electrons. The molecule has 0 aromatic heterocycles. The van der Waals surface area contributed by atoms with Crippen molar-refractivity contribution in [3.8, 4) is 11.5 Å². The fourth-order valence-corrected chi connectivity index (χ4v) is 15.7. The Morgan fingerprint density at radius 3 is 2.42 bits per heavy atom. The van der Waals surface area contributed by atoms with Gasteiger partial charge in [0, 0.05) is 0 Å². The van der Waals surface area contributed by atoms with Gasteiger partial charge < -0.3 is 0 Å². The van der Waals surface area contributed by atoms with E-state index in [9.17, 15) is 4.79 Å². The maximum atomic E-state index is 12.1. The first-order valence-electron chi connectivity index (χ1n) is 10.5. The van der Waals surface area contributed by atoms with Crippen LogP contribution in [0, 0.1) is 0 Å². The molecule has 5 nitrogen and oxygen atoms in total. The summed E-state index contributed by atoms with van der Waals surface area (Å²) < 4.78 is 22.3. The quantitative estimate of drug-likeness (QED) is 0.227. The standard InChI is InChI=1S/C15H11Br2NO4.2C4H9.Sn/c1-22-15(21)8-2-3-12(13(19)5-8)18-7-9-4-10(16)6-11(17)14(9)20;2*1-3-4-2;/h2-7,19-20H,1H3;2*1,3-4H2,2H3;/q;;;+2/p-2. The molecular formula is C23H27Br2NO4Sn. The summed E-state index contributed by atoms with van der Waals surface area (Å²) in [6, 6.07) is 9.27. The van der Waals surface area contributed by atoms with Crippen molar-refractivity contribution in [2.24, 2.45) is 4.99 Å². The Kier molecular flexibility index (Phi) is 8.87. The van der Waals surface area contributed by atoms with Crippen LogP contribution < -0.4 is 6.15 Å². The summed E-state index contributed by atoms with van der Waals surface area (Å²) in [4.78, 5) is 16.8. The van der Waals surface area contributed by atoms with Gasteiger partial charge in [-0.2, -0.15) is 0 Å². The molecule has 0 atom stereocenters. The summed E-state index contributed by atoms with van der Waals surface area (Å²) in [5, 5.41) is 0. The number of unbranched alkanes of at least 4 members (excludes halogenated alkanes) is 2. The number of fused-ring (bicyclic) bond motifs is 2. The van der Waals surface area contributed by atoms with E-state index in [1.54, 1.807) is 18.3 Å². The van der Waals surface area contributed by atoms with Gasteiger partial charge in [0.25, 0.3) is 0 Å². The third-order valence-corrected chi connectivity index (χ3v) is 15.9. The van der Waals surface area contributed by atoms with Crippen LogP contribution in [0.15, 0.2) is 44.3 Å². The molecule has 1 aliphatic heterocycles. The Morgan fingerprint density at radius 2 is 1.77 bits per heavy atom. The number of rotatable bonds is 7. The van der Waals surface area contributed by atoms with Crippen molar-refractivity contribution in [2.75, 3.05) is 7.11 Å². The van der Waals surface area contributed by atoms with Crippen LogP contribution in [0.2, 0.25) is 8.87 Å². The van der Waals surface area contributed by atoms with Gasteiger partial charge in [-0.1, -0.05) is 0 Å². The summed E-state index contributed by atoms with van der Waals surface area (Å²) in [7, 11) is 1.38. The molecular weight excluding hydrogens is 633 g/mol. The van der Waals surface area contributed by atoms with E-state index in [0.717, 1.165) is 54.8 Å². The van der Waals surface area contributed by atoms with Crippen molar-refractivity contribution in [3.63, 3.8) is 0 Å². The number of benzene rings is 2. The molecule has 1 heterocycles. The molecule has 8 heteroatoms. The zero-order valence-electron chi connectivity index (χ0n) is 18.0. The number of aliphatic imine (C=N–C) groups is 1. The van der Waals surface area contributed by atoms with Gasteiger partial charge in [0.15, 0.2) is 0 Å². The molecule has 0 bridgehead atoms. The average Bonchev–Trinajstić information content (AvgIpc) is 2.82. The topological polar surface area (TPSA) is 57.1 Å². The number of hydrogen-bond donors (Lipinski definition) is 0. The average molecular weight is 660 g/mol. The van der Waals surface area contributed by atoms with Crippen LogP contribution >= 0.6 is 31.9 Å². The molecule has 0 saturated carbocycles. The Bertz CT molecular complexity index is 972. The van der Waals surface area contributed by atoms with E-state index in [2.05, 4.69) is 45.7 Å². The maximum absolute atomic E-state index is 12.1. The van der Waals surface area contributed by atoms with E-state index in [4.69, 9.17) is 15.9 Å². The summed E-state index contributed by atoms with van der Waals surface area (Å²) >= 11 is 3.57. The summed E-state index contributed by atoms with van der Waals surface area (Å²) in [5.41, 5.74) is 2.03. The zero-order chi connectivity index (χ0) is 22.4. The number of carbonyl (C=O) groups is 1. The van der Waals surface area contributed by atoms with Gasteiger partial charge in [0.1, 0.15) is 0 Å². The van der Waals surface area contributed by atoms with Crippen LogP contribution in [0.25, 0.3) is 0 Å². The zero-order valence-corrected chi connectivity index (χ0v) is 24.1. The van der Waals surface area contributed by atoms with Gasteiger partial charge in [-0.15, -0.1) is 0 Å². The van der Waals surface area contributed by atoms with Crippen molar-refractivity contribution in [1.82, 2.24) is 0 Å². The minimum atomic E-state index is -3.69. The number of esters is 1. The number of halogens is 2. The van der Waals surface area contributed by atoms with Crippen LogP contribution in [0.3, 0.4) is 0 Å². The molecule has 0 N–H and O–H groups in total. The number of hydrogen-bond acceptors (Lipinski definition) is 5. The molecule has 3 rings (SSSR count). The number of nitrogens with zero attached hydrogens (tertiary/aromatic N) is 1. The first kappa shape index (κ1) is 24.6. The van der Waals surface area contributed by atoms with Gasteiger partial charge in [0.05, 0.1) is 0 Å². The molecule has 31 heavy (non-hydrogen) atoms. The van der Waals surface area contributed by atoms with Crippen LogP contribution in [0.4, 0.5) is 5.69 Å². The van der Waals surface area contributed by atoms with Gasteiger partial charge in [-0.3, -0.25) is 0 Å². The number of methoxy groups -OCH3 is 1. The Balaban J connectivity index is 2.19. The number of ether oxygens (including phenoxy) is 1. The fourth-order valence-electron chi connectivity index (χ4n) is 3.50. The predicted octanol–water partition coefficient (Wildman–Crippen LogP) is 7.56. The normalized spacial score (nSPS) is 14.2. The van der Waals surface area contributed by atoms with Crippen LogP contribution in [0.5, 0.6) is 11.5 Å². The van der Waals surface area contributed by atoms with Gasteiger partial charge in [0.2, 0.25) is 0 Å². The fraction of sp³-hybridized carbons (Fsp3) is 0.391. The minimum absolute atomic E-state index is 0.394. The Hall–Kier alpha value is -1.06. The SMILES string of the molecule is CCC[CH2][Sn]1([CH2]CCC)[O]c2cc(C(=O)OC)ccc2N=Cc2cc(Br)cc(Br)c2[O]1. The molecule has 1 aliphatic rings. The second-order valence-corrected chi connectivity index (χ2v) is 18.5. The molecule has 0 unspecified atom stereocenters. The molecule has 0 spiro atoms. The monoisotopic (exact) mass is 659 g/mol. The summed E-state index contributed by atoms with van der Waals surface area (Å²) in [5.74, 6) is 0.996. The first-order chi connectivity index (χ1) is 14.9. The Morgan fingerprint density at radius 1 is 1.06 bits per heavy atom. The van der Waals surface area contributed by atoms with E-state index in [1.165, 1.54) is 7.11 Å². The molecule has 0 amide bonds. The van der Waals surface area contributed by atoms with Crippen molar-refractivity contribution >= 4 is 68.9 Å². The van der Waals surface area contributed by atoms with Crippen molar-refractivity contribution in [1.29, 1.82) is 0 Å². The van der Waals surface area contributed by atoms with E-state index < -0.39 is 25.2 Å². The number of carbonyl (C=O) groups excluding carboxylic acids is 1. The Labute approximate surface area is 205 Å². The molecule has 2 aromatic rings. The van der Waals surface area contributed by atoms with E-state index >= 15 is 0 Å². The summed E-state index contributed by atoms with van der Waals surface area (Å²) in [6.45, 7) is 4.36. The molecule has 0 aliphatic carbocycles. The summed E-state index contributed by atoms with van der Waals surface area (Å²) in [6.07, 6.45) is 6.01.